The number of piperidine rings is 1. The van der Waals surface area contributed by atoms with Gasteiger partial charge in [0, 0.05) is 25.5 Å². The maximum atomic E-state index is 12.9. The average molecular weight is 577 g/mol. The zero-order valence-corrected chi connectivity index (χ0v) is 24.0. The summed E-state index contributed by atoms with van der Waals surface area (Å²) >= 11 is 0. The van der Waals surface area contributed by atoms with E-state index in [0.29, 0.717) is 38.1 Å². The Labute approximate surface area is 242 Å². The summed E-state index contributed by atoms with van der Waals surface area (Å²) in [5.74, 6) is 2.30. The largest absolute Gasteiger partial charge is 0.481 e. The molecule has 2 N–H and O–H groups in total. The monoisotopic (exact) mass is 576 g/mol. The Morgan fingerprint density at radius 3 is 2.44 bits per heavy atom. The van der Waals surface area contributed by atoms with E-state index in [0.717, 1.165) is 17.7 Å². The first kappa shape index (κ1) is 31.3. The Hall–Kier alpha value is -4.20. The minimum atomic E-state index is -3.65. The van der Waals surface area contributed by atoms with Crippen LogP contribution in [0.5, 0.6) is 5.75 Å². The Morgan fingerprint density at radius 2 is 1.76 bits per heavy atom. The van der Waals surface area contributed by atoms with E-state index in [4.69, 9.17) is 11.2 Å². The van der Waals surface area contributed by atoms with Crippen LogP contribution in [0, 0.1) is 19.3 Å². The molecule has 2 aromatic carbocycles. The summed E-state index contributed by atoms with van der Waals surface area (Å²) in [6.07, 6.45) is 10.2. The van der Waals surface area contributed by atoms with Crippen LogP contribution in [0.4, 0.5) is 0 Å². The second-order valence-corrected chi connectivity index (χ2v) is 11.4. The van der Waals surface area contributed by atoms with Crippen LogP contribution in [0.25, 0.3) is 0 Å². The third-order valence-electron chi connectivity index (χ3n) is 6.28. The number of ether oxygens (including phenoxy) is 1. The summed E-state index contributed by atoms with van der Waals surface area (Å²) in [5, 5.41) is 5.29. The lowest BCUT2D eigenvalue weighted by molar-refractivity contribution is -0.129. The van der Waals surface area contributed by atoms with Crippen LogP contribution in [-0.2, 0) is 31.9 Å². The number of aromatic nitrogens is 1. The number of terminal acetylenes is 1. The molecule has 1 atom stereocenters. The van der Waals surface area contributed by atoms with Crippen LogP contribution < -0.4 is 15.4 Å². The molecule has 1 aliphatic rings. The molecule has 216 valence electrons. The molecular weight excluding hydrogens is 540 g/mol. The van der Waals surface area contributed by atoms with Crippen molar-refractivity contribution in [3.63, 3.8) is 0 Å². The van der Waals surface area contributed by atoms with Crippen molar-refractivity contribution in [2.45, 2.75) is 44.5 Å². The first-order chi connectivity index (χ1) is 19.8. The molecule has 1 saturated heterocycles. The molecule has 2 heterocycles. The predicted octanol–water partition coefficient (Wildman–Crippen LogP) is 3.21. The highest BCUT2D eigenvalue weighted by atomic mass is 32.2. The molecule has 0 radical (unpaired) electrons. The van der Waals surface area contributed by atoms with Crippen molar-refractivity contribution in [2.24, 2.45) is 0 Å². The maximum absolute atomic E-state index is 12.9. The first-order valence-electron chi connectivity index (χ1n) is 13.4. The van der Waals surface area contributed by atoms with Gasteiger partial charge in [-0.3, -0.25) is 14.6 Å². The maximum Gasteiger partial charge on any atom is 0.239 e. The highest BCUT2D eigenvalue weighted by Crippen LogP contribution is 2.23. The highest BCUT2D eigenvalue weighted by Gasteiger charge is 2.36. The van der Waals surface area contributed by atoms with Crippen molar-refractivity contribution in [1.82, 2.24) is 19.9 Å². The minimum Gasteiger partial charge on any atom is -0.481 e. The number of benzene rings is 2. The quantitative estimate of drug-likeness (QED) is 0.358. The van der Waals surface area contributed by atoms with Gasteiger partial charge in [-0.1, -0.05) is 66.4 Å². The molecule has 1 aromatic heterocycles. The molecule has 4 rings (SSSR count). The number of nitrogens with zero attached hydrogens (tertiary/aromatic N) is 2. The number of hydrogen-bond donors (Lipinski definition) is 2. The van der Waals surface area contributed by atoms with Gasteiger partial charge in [0.15, 0.2) is 0 Å². The minimum absolute atomic E-state index is 0.150. The van der Waals surface area contributed by atoms with Crippen molar-refractivity contribution < 1.29 is 22.7 Å². The van der Waals surface area contributed by atoms with Gasteiger partial charge in [-0.25, -0.2) is 8.42 Å². The zero-order valence-electron chi connectivity index (χ0n) is 23.2. The topological polar surface area (TPSA) is 118 Å². The number of hydrogen-bond acceptors (Lipinski definition) is 6. The fourth-order valence-electron chi connectivity index (χ4n) is 4.18. The van der Waals surface area contributed by atoms with E-state index in [1.807, 2.05) is 43.3 Å². The molecule has 2 amide bonds. The summed E-state index contributed by atoms with van der Waals surface area (Å²) in [6, 6.07) is 19.5. The number of amides is 2. The second kappa shape index (κ2) is 16.2. The number of sulfonamides is 1. The Kier molecular flexibility index (Phi) is 12.3. The van der Waals surface area contributed by atoms with Gasteiger partial charge in [0.1, 0.15) is 18.4 Å². The van der Waals surface area contributed by atoms with Gasteiger partial charge in [-0.15, -0.1) is 6.42 Å². The number of nitrogens with one attached hydrogen (secondary N) is 2. The predicted molar refractivity (Wildman–Crippen MR) is 158 cm³/mol. The van der Waals surface area contributed by atoms with Gasteiger partial charge in [-0.2, -0.15) is 4.31 Å². The molecule has 1 fully saturated rings. The number of carbonyl (C=O) groups is 2. The van der Waals surface area contributed by atoms with Crippen molar-refractivity contribution in [3.05, 3.63) is 95.8 Å². The molecule has 0 spiro atoms. The Balaban J connectivity index is 0.000000352. The lowest BCUT2D eigenvalue weighted by Gasteiger charge is -2.33. The van der Waals surface area contributed by atoms with Crippen molar-refractivity contribution in [2.75, 3.05) is 19.7 Å². The van der Waals surface area contributed by atoms with E-state index in [1.165, 1.54) is 9.87 Å². The Morgan fingerprint density at radius 1 is 1.02 bits per heavy atom. The van der Waals surface area contributed by atoms with E-state index in [2.05, 4.69) is 21.5 Å². The van der Waals surface area contributed by atoms with E-state index in [1.54, 1.807) is 42.7 Å². The number of pyridine rings is 1. The van der Waals surface area contributed by atoms with Crippen LogP contribution in [-0.4, -0.2) is 55.3 Å². The van der Waals surface area contributed by atoms with E-state index in [-0.39, 0.29) is 18.2 Å². The third kappa shape index (κ3) is 10.7. The summed E-state index contributed by atoms with van der Waals surface area (Å²) in [4.78, 5) is 28.7. The van der Waals surface area contributed by atoms with E-state index >= 15 is 0 Å². The summed E-state index contributed by atoms with van der Waals surface area (Å²) in [5.41, 5.74) is 2.75. The third-order valence-corrected chi connectivity index (χ3v) is 8.13. The molecule has 0 saturated carbocycles. The lowest BCUT2D eigenvalue weighted by atomic mass is 10.0. The number of aryl methyl sites for hydroxylation is 1. The van der Waals surface area contributed by atoms with Crippen LogP contribution in [0.1, 0.15) is 36.0 Å². The zero-order chi connectivity index (χ0) is 29.5. The normalized spacial score (nSPS) is 15.0. The smallest absolute Gasteiger partial charge is 0.239 e. The SMILES string of the molecule is C#CCOc1ccc(C)cc1.O=C(CNC(=O)C1CCCCN1S(=O)(=O)Cc1ccccc1)NCc1cccnc1. The van der Waals surface area contributed by atoms with Gasteiger partial charge in [0.2, 0.25) is 21.8 Å². The molecule has 0 aliphatic carbocycles. The van der Waals surface area contributed by atoms with Crippen molar-refractivity contribution >= 4 is 21.8 Å². The molecule has 1 unspecified atom stereocenters. The fourth-order valence-corrected chi connectivity index (χ4v) is 5.95. The molecule has 9 nitrogen and oxygen atoms in total. The molecule has 10 heteroatoms. The number of rotatable bonds is 10. The van der Waals surface area contributed by atoms with Gasteiger partial charge in [-0.05, 0) is 49.1 Å². The molecule has 0 bridgehead atoms. The van der Waals surface area contributed by atoms with Crippen LogP contribution >= 0.6 is 0 Å². The van der Waals surface area contributed by atoms with Crippen LogP contribution in [0.3, 0.4) is 0 Å². The van der Waals surface area contributed by atoms with Gasteiger partial charge in [0.05, 0.1) is 12.3 Å². The standard InChI is InChI=1S/C21H26N4O4S.C10H10O/c26-20(23-14-18-9-6-11-22-13-18)15-24-21(27)19-10-4-5-12-25(19)30(28,29)16-17-7-2-1-3-8-17;1-3-8-11-10-6-4-9(2)5-7-10/h1-3,6-9,11,13,19H,4-5,10,12,14-16H2,(H,23,26)(H,24,27);1,4-7H,8H2,2H3. The average Bonchev–Trinajstić information content (AvgIpc) is 2.99. The molecule has 41 heavy (non-hydrogen) atoms. The second-order valence-electron chi connectivity index (χ2n) is 9.53. The number of carbonyl (C=O) groups excluding carboxylic acids is 2. The summed E-state index contributed by atoms with van der Waals surface area (Å²) in [7, 11) is -3.65. The van der Waals surface area contributed by atoms with Gasteiger partial charge >= 0.3 is 0 Å². The molecule has 1 aliphatic heterocycles. The van der Waals surface area contributed by atoms with Gasteiger partial charge < -0.3 is 15.4 Å². The first-order valence-corrected chi connectivity index (χ1v) is 15.0. The van der Waals surface area contributed by atoms with Crippen molar-refractivity contribution in [1.29, 1.82) is 0 Å². The van der Waals surface area contributed by atoms with Crippen LogP contribution in [0.15, 0.2) is 79.1 Å². The van der Waals surface area contributed by atoms with E-state index < -0.39 is 22.0 Å². The summed E-state index contributed by atoms with van der Waals surface area (Å²) in [6.45, 7) is 2.78. The fraction of sp³-hybridized carbons (Fsp3) is 0.323. The van der Waals surface area contributed by atoms with E-state index in [9.17, 15) is 18.0 Å². The van der Waals surface area contributed by atoms with Crippen molar-refractivity contribution in [3.8, 4) is 18.1 Å². The highest BCUT2D eigenvalue weighted by molar-refractivity contribution is 7.88. The molecule has 3 aromatic rings. The Bertz CT molecular complexity index is 1390. The molecular formula is C31H36N4O5S. The van der Waals surface area contributed by atoms with Gasteiger partial charge in [0.25, 0.3) is 0 Å². The summed E-state index contributed by atoms with van der Waals surface area (Å²) < 4.78 is 32.3. The lowest BCUT2D eigenvalue weighted by Crippen LogP contribution is -2.53. The van der Waals surface area contributed by atoms with Crippen LogP contribution in [0.2, 0.25) is 0 Å².